The van der Waals surface area contributed by atoms with Gasteiger partial charge >= 0.3 is 5.97 Å². The van der Waals surface area contributed by atoms with Crippen molar-refractivity contribution in [3.05, 3.63) is 0 Å². The molecule has 0 saturated carbocycles. The first-order chi connectivity index (χ1) is 5.72. The largest absolute Gasteiger partial charge is 0.465 e. The van der Waals surface area contributed by atoms with Crippen molar-refractivity contribution in [1.29, 1.82) is 5.41 Å². The standard InChI is InChI=1S/C6H13NO2.CHNO/c1-2-3-4-9-6(8)5-7;2-1-3/h2-5,7H2,1H3;2H. The molecule has 3 N–H and O–H groups in total. The van der Waals surface area contributed by atoms with Gasteiger partial charge in [-0.1, -0.05) is 13.3 Å². The predicted molar refractivity (Wildman–Crippen MR) is 43.3 cm³/mol. The van der Waals surface area contributed by atoms with E-state index in [-0.39, 0.29) is 12.5 Å². The lowest BCUT2D eigenvalue weighted by atomic mass is 10.4. The van der Waals surface area contributed by atoms with Crippen molar-refractivity contribution in [2.75, 3.05) is 13.2 Å². The van der Waals surface area contributed by atoms with E-state index in [1.165, 1.54) is 0 Å². The number of unbranched alkanes of at least 4 members (excludes halogenated alkanes) is 1. The molecule has 5 nitrogen and oxygen atoms in total. The van der Waals surface area contributed by atoms with Gasteiger partial charge in [-0.3, -0.25) is 4.79 Å². The smallest absolute Gasteiger partial charge is 0.319 e. The minimum absolute atomic E-state index is 0.0102. The Morgan fingerprint density at radius 1 is 1.67 bits per heavy atom. The van der Waals surface area contributed by atoms with E-state index >= 15 is 0 Å². The van der Waals surface area contributed by atoms with Gasteiger partial charge in [0.1, 0.15) is 0 Å². The van der Waals surface area contributed by atoms with Crippen LogP contribution >= 0.6 is 0 Å². The van der Waals surface area contributed by atoms with Crippen LogP contribution in [0.1, 0.15) is 19.8 Å². The monoisotopic (exact) mass is 174 g/mol. The SMILES string of the molecule is CCCCOC(=O)CN.N=C=O. The van der Waals surface area contributed by atoms with Crippen molar-refractivity contribution in [2.45, 2.75) is 19.8 Å². The summed E-state index contributed by atoms with van der Waals surface area (Å²) in [7, 11) is 0. The zero-order chi connectivity index (χ0) is 9.82. The molecule has 0 spiro atoms. The van der Waals surface area contributed by atoms with Crippen LogP contribution in [0.25, 0.3) is 0 Å². The Kier molecular flexibility index (Phi) is 13.9. The van der Waals surface area contributed by atoms with E-state index in [1.807, 2.05) is 6.92 Å². The van der Waals surface area contributed by atoms with E-state index in [1.54, 1.807) is 0 Å². The third-order valence-corrected chi connectivity index (χ3v) is 0.928. The number of hydrogen-bond donors (Lipinski definition) is 2. The van der Waals surface area contributed by atoms with Gasteiger partial charge in [-0.25, -0.2) is 10.2 Å². The molecule has 0 aromatic rings. The number of carbonyl (C=O) groups is 1. The number of isocyanates is 1. The molecule has 12 heavy (non-hydrogen) atoms. The number of carbonyl (C=O) groups excluding carboxylic acids is 2. The molecule has 0 fully saturated rings. The van der Waals surface area contributed by atoms with Gasteiger partial charge in [0.05, 0.1) is 13.2 Å². The topological polar surface area (TPSA) is 93.2 Å². The van der Waals surface area contributed by atoms with Gasteiger partial charge in [-0.05, 0) is 6.42 Å². The van der Waals surface area contributed by atoms with E-state index in [4.69, 9.17) is 15.9 Å². The van der Waals surface area contributed by atoms with E-state index in [0.29, 0.717) is 6.61 Å². The minimum Gasteiger partial charge on any atom is -0.465 e. The summed E-state index contributed by atoms with van der Waals surface area (Å²) < 4.78 is 4.67. The molecular formula is C7H14N2O3. The lowest BCUT2D eigenvalue weighted by Crippen LogP contribution is -2.17. The Labute approximate surface area is 71.4 Å². The van der Waals surface area contributed by atoms with E-state index in [9.17, 15) is 4.79 Å². The zero-order valence-electron chi connectivity index (χ0n) is 7.13. The molecule has 0 atom stereocenters. The van der Waals surface area contributed by atoms with Crippen molar-refractivity contribution in [1.82, 2.24) is 0 Å². The molecule has 0 heterocycles. The third kappa shape index (κ3) is 15.9. The number of ether oxygens (including phenoxy) is 1. The molecule has 0 aromatic carbocycles. The Balaban J connectivity index is 0. The second-order valence-electron chi connectivity index (χ2n) is 1.88. The predicted octanol–water partition coefficient (Wildman–Crippen LogP) is 0.189. The van der Waals surface area contributed by atoms with Crippen molar-refractivity contribution in [3.63, 3.8) is 0 Å². The van der Waals surface area contributed by atoms with Gasteiger partial charge in [-0.2, -0.15) is 0 Å². The van der Waals surface area contributed by atoms with Gasteiger partial charge in [0.15, 0.2) is 0 Å². The molecule has 70 valence electrons. The molecule has 0 saturated heterocycles. The second kappa shape index (κ2) is 12.5. The fourth-order valence-corrected chi connectivity index (χ4v) is 0.389. The zero-order valence-corrected chi connectivity index (χ0v) is 7.13. The fraction of sp³-hybridized carbons (Fsp3) is 0.714. The molecule has 0 amide bonds. The average molecular weight is 174 g/mol. The number of rotatable bonds is 4. The molecule has 0 rings (SSSR count). The van der Waals surface area contributed by atoms with Crippen LogP contribution < -0.4 is 5.73 Å². The summed E-state index contributed by atoms with van der Waals surface area (Å²) in [5.74, 6) is -0.316. The fourth-order valence-electron chi connectivity index (χ4n) is 0.389. The normalized spacial score (nSPS) is 7.50. The summed E-state index contributed by atoms with van der Waals surface area (Å²) in [6.45, 7) is 2.53. The molecular weight excluding hydrogens is 160 g/mol. The Morgan fingerprint density at radius 3 is 2.50 bits per heavy atom. The number of nitrogens with two attached hydrogens (primary N) is 1. The summed E-state index contributed by atoms with van der Waals surface area (Å²) in [4.78, 5) is 18.7. The van der Waals surface area contributed by atoms with Crippen LogP contribution in [0.4, 0.5) is 0 Å². The average Bonchev–Trinajstić information content (AvgIpc) is 2.06. The van der Waals surface area contributed by atoms with Crippen LogP contribution in [0.15, 0.2) is 0 Å². The van der Waals surface area contributed by atoms with Crippen LogP contribution in [-0.2, 0) is 14.3 Å². The third-order valence-electron chi connectivity index (χ3n) is 0.928. The van der Waals surface area contributed by atoms with Gasteiger partial charge < -0.3 is 10.5 Å². The van der Waals surface area contributed by atoms with E-state index in [0.717, 1.165) is 18.9 Å². The van der Waals surface area contributed by atoms with Crippen LogP contribution in [-0.4, -0.2) is 25.2 Å². The highest BCUT2D eigenvalue weighted by atomic mass is 16.5. The van der Waals surface area contributed by atoms with E-state index in [2.05, 4.69) is 4.74 Å². The summed E-state index contributed by atoms with van der Waals surface area (Å²) in [5, 5.41) is 5.40. The first-order valence-electron chi connectivity index (χ1n) is 3.62. The first kappa shape index (κ1) is 13.4. The Morgan fingerprint density at radius 2 is 2.17 bits per heavy atom. The molecule has 0 aliphatic rings. The lowest BCUT2D eigenvalue weighted by molar-refractivity contribution is -0.141. The maximum absolute atomic E-state index is 10.3. The van der Waals surface area contributed by atoms with Gasteiger partial charge in [0.2, 0.25) is 6.08 Å². The van der Waals surface area contributed by atoms with Crippen LogP contribution in [0.3, 0.4) is 0 Å². The molecule has 0 radical (unpaired) electrons. The molecule has 0 aromatic heterocycles. The number of nitrogens with one attached hydrogen (secondary N) is 1. The Bertz CT molecular complexity index is 142. The molecule has 0 bridgehead atoms. The van der Waals surface area contributed by atoms with Crippen LogP contribution in [0.5, 0.6) is 0 Å². The Hall–Kier alpha value is -1.19. The lowest BCUT2D eigenvalue weighted by Gasteiger charge is -1.99. The maximum atomic E-state index is 10.3. The highest BCUT2D eigenvalue weighted by Crippen LogP contribution is 1.86. The summed E-state index contributed by atoms with van der Waals surface area (Å²) in [6, 6.07) is 0. The second-order valence-corrected chi connectivity index (χ2v) is 1.88. The highest BCUT2D eigenvalue weighted by Gasteiger charge is 1.94. The van der Waals surface area contributed by atoms with Crippen LogP contribution in [0.2, 0.25) is 0 Å². The molecule has 0 unspecified atom stereocenters. The first-order valence-corrected chi connectivity index (χ1v) is 3.62. The van der Waals surface area contributed by atoms with Crippen molar-refractivity contribution in [3.8, 4) is 0 Å². The van der Waals surface area contributed by atoms with Crippen LogP contribution in [0, 0.1) is 5.41 Å². The number of hydrogen-bond acceptors (Lipinski definition) is 5. The van der Waals surface area contributed by atoms with Gasteiger partial charge in [-0.15, -0.1) is 0 Å². The summed E-state index contributed by atoms with van der Waals surface area (Å²) >= 11 is 0. The summed E-state index contributed by atoms with van der Waals surface area (Å²) in [5.41, 5.74) is 4.98. The maximum Gasteiger partial charge on any atom is 0.319 e. The highest BCUT2D eigenvalue weighted by molar-refractivity contribution is 5.71. The molecule has 5 heteroatoms. The van der Waals surface area contributed by atoms with E-state index < -0.39 is 0 Å². The van der Waals surface area contributed by atoms with Gasteiger partial charge in [0.25, 0.3) is 0 Å². The van der Waals surface area contributed by atoms with Crippen molar-refractivity contribution >= 4 is 12.0 Å². The van der Waals surface area contributed by atoms with Crippen molar-refractivity contribution < 1.29 is 14.3 Å². The summed E-state index contributed by atoms with van der Waals surface area (Å²) in [6.07, 6.45) is 2.71. The quantitative estimate of drug-likeness (QED) is 0.275. The molecule has 0 aliphatic carbocycles. The van der Waals surface area contributed by atoms with Gasteiger partial charge in [0, 0.05) is 0 Å². The van der Waals surface area contributed by atoms with Crippen molar-refractivity contribution in [2.24, 2.45) is 5.73 Å². The molecule has 0 aliphatic heterocycles. The number of esters is 1. The minimum atomic E-state index is -0.316.